The normalized spacial score (nSPS) is 15.5. The van der Waals surface area contributed by atoms with E-state index < -0.39 is 11.9 Å². The van der Waals surface area contributed by atoms with E-state index in [2.05, 4.69) is 5.32 Å². The van der Waals surface area contributed by atoms with Crippen LogP contribution < -0.4 is 14.8 Å². The quantitative estimate of drug-likeness (QED) is 0.892. The van der Waals surface area contributed by atoms with Gasteiger partial charge in [0.1, 0.15) is 5.75 Å². The molecule has 1 heterocycles. The number of hydrogen-bond donors (Lipinski definition) is 1. The molecule has 0 fully saturated rings. The SMILES string of the molecule is COc1ccc(CN(C)C(=O)CC2Oc3ccccc3NC2=O)cc1F. The first-order valence-electron chi connectivity index (χ1n) is 8.11. The van der Waals surface area contributed by atoms with Crippen LogP contribution in [0, 0.1) is 5.82 Å². The zero-order valence-corrected chi connectivity index (χ0v) is 14.5. The summed E-state index contributed by atoms with van der Waals surface area (Å²) in [6, 6.07) is 11.6. The van der Waals surface area contributed by atoms with E-state index in [0.717, 1.165) is 0 Å². The van der Waals surface area contributed by atoms with E-state index in [9.17, 15) is 14.0 Å². The first kappa shape index (κ1) is 17.7. The van der Waals surface area contributed by atoms with E-state index in [1.165, 1.54) is 24.1 Å². The van der Waals surface area contributed by atoms with E-state index in [0.29, 0.717) is 17.0 Å². The lowest BCUT2D eigenvalue weighted by Crippen LogP contribution is -2.41. The standard InChI is InChI=1S/C19H19FN2O4/c1-22(11-12-7-8-15(25-2)13(20)9-12)18(23)10-17-19(24)21-14-5-3-4-6-16(14)26-17/h3-9,17H,10-11H2,1-2H3,(H,21,24). The smallest absolute Gasteiger partial charge is 0.266 e. The van der Waals surface area contributed by atoms with Gasteiger partial charge < -0.3 is 19.7 Å². The van der Waals surface area contributed by atoms with Crippen LogP contribution in [0.15, 0.2) is 42.5 Å². The van der Waals surface area contributed by atoms with Crippen molar-refractivity contribution in [2.75, 3.05) is 19.5 Å². The molecule has 0 spiro atoms. The highest BCUT2D eigenvalue weighted by atomic mass is 19.1. The molecule has 0 aliphatic carbocycles. The Morgan fingerprint density at radius 2 is 2.08 bits per heavy atom. The molecule has 1 unspecified atom stereocenters. The van der Waals surface area contributed by atoms with E-state index in [4.69, 9.17) is 9.47 Å². The molecule has 2 aromatic rings. The molecule has 1 aliphatic heterocycles. The third-order valence-electron chi connectivity index (χ3n) is 4.13. The molecule has 6 nitrogen and oxygen atoms in total. The van der Waals surface area contributed by atoms with E-state index in [1.54, 1.807) is 37.4 Å². The molecule has 1 aliphatic rings. The average Bonchev–Trinajstić information content (AvgIpc) is 2.62. The lowest BCUT2D eigenvalue weighted by molar-refractivity contribution is -0.136. The Morgan fingerprint density at radius 1 is 1.31 bits per heavy atom. The van der Waals surface area contributed by atoms with Gasteiger partial charge in [0.15, 0.2) is 17.7 Å². The molecule has 0 saturated heterocycles. The second-order valence-corrected chi connectivity index (χ2v) is 6.01. The fourth-order valence-electron chi connectivity index (χ4n) is 2.71. The zero-order valence-electron chi connectivity index (χ0n) is 14.5. The molecule has 136 valence electrons. The highest BCUT2D eigenvalue weighted by Gasteiger charge is 2.30. The molecule has 0 radical (unpaired) electrons. The highest BCUT2D eigenvalue weighted by Crippen LogP contribution is 2.29. The Balaban J connectivity index is 1.62. The van der Waals surface area contributed by atoms with Crippen LogP contribution >= 0.6 is 0 Å². The van der Waals surface area contributed by atoms with Gasteiger partial charge in [-0.25, -0.2) is 4.39 Å². The molecule has 3 rings (SSSR count). The number of carbonyl (C=O) groups is 2. The summed E-state index contributed by atoms with van der Waals surface area (Å²) in [6.07, 6.45) is -0.998. The number of methoxy groups -OCH3 is 1. The minimum absolute atomic E-state index is 0.102. The van der Waals surface area contributed by atoms with Crippen molar-refractivity contribution in [1.29, 1.82) is 0 Å². The van der Waals surface area contributed by atoms with Crippen LogP contribution in [0.2, 0.25) is 0 Å². The first-order chi connectivity index (χ1) is 12.5. The zero-order chi connectivity index (χ0) is 18.7. The number of carbonyl (C=O) groups excluding carboxylic acids is 2. The van der Waals surface area contributed by atoms with Crippen LogP contribution in [0.1, 0.15) is 12.0 Å². The third-order valence-corrected chi connectivity index (χ3v) is 4.13. The summed E-state index contributed by atoms with van der Waals surface area (Å²) >= 11 is 0. The summed E-state index contributed by atoms with van der Waals surface area (Å²) in [6.45, 7) is 0.213. The van der Waals surface area contributed by atoms with Crippen molar-refractivity contribution in [3.05, 3.63) is 53.8 Å². The molecule has 0 aromatic heterocycles. The minimum Gasteiger partial charge on any atom is -0.494 e. The van der Waals surface area contributed by atoms with Gasteiger partial charge >= 0.3 is 0 Å². The number of nitrogens with one attached hydrogen (secondary N) is 1. The summed E-state index contributed by atoms with van der Waals surface area (Å²) in [5.41, 5.74) is 1.21. The predicted octanol–water partition coefficient (Wildman–Crippen LogP) is 2.58. The summed E-state index contributed by atoms with van der Waals surface area (Å²) in [7, 11) is 2.99. The minimum atomic E-state index is -0.896. The Hall–Kier alpha value is -3.09. The van der Waals surface area contributed by atoms with Crippen molar-refractivity contribution in [2.45, 2.75) is 19.1 Å². The molecule has 2 amide bonds. The van der Waals surface area contributed by atoms with Crippen molar-refractivity contribution >= 4 is 17.5 Å². The number of amides is 2. The molecular formula is C19H19FN2O4. The fourth-order valence-corrected chi connectivity index (χ4v) is 2.71. The second-order valence-electron chi connectivity index (χ2n) is 6.01. The molecule has 1 atom stereocenters. The van der Waals surface area contributed by atoms with Crippen molar-refractivity contribution in [3.63, 3.8) is 0 Å². The Morgan fingerprint density at radius 3 is 2.81 bits per heavy atom. The number of halogens is 1. The number of ether oxygens (including phenoxy) is 2. The number of nitrogens with zero attached hydrogens (tertiary/aromatic N) is 1. The lowest BCUT2D eigenvalue weighted by atomic mass is 10.1. The fraction of sp³-hybridized carbons (Fsp3) is 0.263. The molecule has 0 saturated carbocycles. The van der Waals surface area contributed by atoms with Gasteiger partial charge in [-0.2, -0.15) is 0 Å². The molecule has 1 N–H and O–H groups in total. The van der Waals surface area contributed by atoms with Crippen LogP contribution in [-0.2, 0) is 16.1 Å². The maximum absolute atomic E-state index is 13.8. The Bertz CT molecular complexity index is 840. The number of benzene rings is 2. The topological polar surface area (TPSA) is 67.9 Å². The van der Waals surface area contributed by atoms with Gasteiger partial charge in [0.05, 0.1) is 19.2 Å². The maximum atomic E-state index is 13.8. The summed E-state index contributed by atoms with van der Waals surface area (Å²) < 4.78 is 24.3. The number of rotatable bonds is 5. The predicted molar refractivity (Wildman–Crippen MR) is 93.5 cm³/mol. The Labute approximate surface area is 150 Å². The van der Waals surface area contributed by atoms with Gasteiger partial charge in [0.25, 0.3) is 5.91 Å². The number of hydrogen-bond acceptors (Lipinski definition) is 4. The summed E-state index contributed by atoms with van der Waals surface area (Å²) in [5, 5.41) is 2.73. The monoisotopic (exact) mass is 358 g/mol. The third kappa shape index (κ3) is 3.77. The van der Waals surface area contributed by atoms with Crippen LogP contribution in [0.3, 0.4) is 0 Å². The van der Waals surface area contributed by atoms with Crippen LogP contribution in [0.25, 0.3) is 0 Å². The summed E-state index contributed by atoms with van der Waals surface area (Å²) in [4.78, 5) is 26.0. The molecule has 26 heavy (non-hydrogen) atoms. The molecule has 7 heteroatoms. The van der Waals surface area contributed by atoms with E-state index >= 15 is 0 Å². The van der Waals surface area contributed by atoms with Gasteiger partial charge in [0, 0.05) is 13.6 Å². The van der Waals surface area contributed by atoms with Crippen molar-refractivity contribution in [3.8, 4) is 11.5 Å². The number of fused-ring (bicyclic) bond motifs is 1. The van der Waals surface area contributed by atoms with Gasteiger partial charge in [-0.1, -0.05) is 18.2 Å². The first-order valence-corrected chi connectivity index (χ1v) is 8.11. The van der Waals surface area contributed by atoms with Gasteiger partial charge in [-0.3, -0.25) is 9.59 Å². The highest BCUT2D eigenvalue weighted by molar-refractivity contribution is 5.99. The molecular weight excluding hydrogens is 339 g/mol. The maximum Gasteiger partial charge on any atom is 0.266 e. The van der Waals surface area contributed by atoms with Crippen LogP contribution in [0.4, 0.5) is 10.1 Å². The average molecular weight is 358 g/mol. The number of para-hydroxylation sites is 2. The number of anilines is 1. The Kier molecular flexibility index (Phi) is 5.06. The van der Waals surface area contributed by atoms with E-state index in [-0.39, 0.29) is 30.5 Å². The summed E-state index contributed by atoms with van der Waals surface area (Å²) in [5.74, 6) is -0.447. The van der Waals surface area contributed by atoms with Crippen molar-refractivity contribution < 1.29 is 23.5 Å². The van der Waals surface area contributed by atoms with Crippen molar-refractivity contribution in [1.82, 2.24) is 4.90 Å². The van der Waals surface area contributed by atoms with Gasteiger partial charge in [-0.15, -0.1) is 0 Å². The van der Waals surface area contributed by atoms with Crippen LogP contribution in [0.5, 0.6) is 11.5 Å². The van der Waals surface area contributed by atoms with Crippen LogP contribution in [-0.4, -0.2) is 37.0 Å². The van der Waals surface area contributed by atoms with E-state index in [1.807, 2.05) is 0 Å². The van der Waals surface area contributed by atoms with Crippen molar-refractivity contribution in [2.24, 2.45) is 0 Å². The second kappa shape index (κ2) is 7.43. The molecule has 0 bridgehead atoms. The molecule has 2 aromatic carbocycles. The van der Waals surface area contributed by atoms with Gasteiger partial charge in [0.2, 0.25) is 5.91 Å². The van der Waals surface area contributed by atoms with Gasteiger partial charge in [-0.05, 0) is 29.8 Å². The largest absolute Gasteiger partial charge is 0.494 e. The lowest BCUT2D eigenvalue weighted by Gasteiger charge is -2.27.